The van der Waals surface area contributed by atoms with Crippen molar-refractivity contribution in [2.24, 2.45) is 0 Å². The Balaban J connectivity index is 1.50. The summed E-state index contributed by atoms with van der Waals surface area (Å²) < 4.78 is 12.0. The zero-order chi connectivity index (χ0) is 20.0. The lowest BCUT2D eigenvalue weighted by Gasteiger charge is -2.40. The number of benzene rings is 1. The Morgan fingerprint density at radius 2 is 1.93 bits per heavy atom. The first kappa shape index (κ1) is 21.0. The van der Waals surface area contributed by atoms with Crippen molar-refractivity contribution in [3.63, 3.8) is 0 Å². The Bertz CT molecular complexity index is 652. The third-order valence-electron chi connectivity index (χ3n) is 6.46. The van der Waals surface area contributed by atoms with E-state index in [9.17, 15) is 9.90 Å². The van der Waals surface area contributed by atoms with E-state index in [1.807, 2.05) is 6.07 Å². The maximum atomic E-state index is 11.2. The van der Waals surface area contributed by atoms with E-state index < -0.39 is 12.0 Å². The summed E-state index contributed by atoms with van der Waals surface area (Å²) in [6.45, 7) is 7.06. The number of carboxylic acid groups (broad SMARTS) is 1. The van der Waals surface area contributed by atoms with Gasteiger partial charge in [0.1, 0.15) is 17.5 Å². The number of piperidine rings is 1. The van der Waals surface area contributed by atoms with Crippen LogP contribution in [0.4, 0.5) is 0 Å². The van der Waals surface area contributed by atoms with Crippen LogP contribution in [-0.2, 0) is 10.2 Å². The number of nitrogens with zero attached hydrogens (tertiary/aromatic N) is 1. The van der Waals surface area contributed by atoms with Gasteiger partial charge < -0.3 is 14.6 Å². The summed E-state index contributed by atoms with van der Waals surface area (Å²) in [6.07, 6.45) is 9.45. The van der Waals surface area contributed by atoms with E-state index in [0.29, 0.717) is 6.61 Å². The first-order valence-electron chi connectivity index (χ1n) is 10.9. The number of ether oxygens (including phenoxy) is 2. The predicted molar refractivity (Wildman–Crippen MR) is 110 cm³/mol. The number of unbranched alkanes of at least 4 members (excludes halogenated alkanes) is 5. The molecule has 0 saturated carbocycles. The van der Waals surface area contributed by atoms with Crippen LogP contribution >= 0.6 is 0 Å². The number of fused-ring (bicyclic) bond motifs is 2. The Hall–Kier alpha value is -1.75. The molecule has 1 aromatic carbocycles. The average molecular weight is 390 g/mol. The van der Waals surface area contributed by atoms with Gasteiger partial charge in [-0.25, -0.2) is 0 Å². The van der Waals surface area contributed by atoms with Crippen LogP contribution in [0.25, 0.3) is 0 Å². The Labute approximate surface area is 169 Å². The molecule has 1 aromatic rings. The van der Waals surface area contributed by atoms with Gasteiger partial charge in [0.05, 0.1) is 13.2 Å². The summed E-state index contributed by atoms with van der Waals surface area (Å²) in [5.41, 5.74) is 1.30. The summed E-state index contributed by atoms with van der Waals surface area (Å²) >= 11 is 0. The molecule has 1 fully saturated rings. The van der Waals surface area contributed by atoms with E-state index in [2.05, 4.69) is 24.0 Å². The van der Waals surface area contributed by atoms with Crippen LogP contribution in [0, 0.1) is 0 Å². The van der Waals surface area contributed by atoms with Crippen molar-refractivity contribution in [3.8, 4) is 11.5 Å². The van der Waals surface area contributed by atoms with Gasteiger partial charge in [0.15, 0.2) is 0 Å². The van der Waals surface area contributed by atoms with Gasteiger partial charge in [-0.3, -0.25) is 9.69 Å². The second-order valence-corrected chi connectivity index (χ2v) is 8.39. The number of hydrogen-bond acceptors (Lipinski definition) is 4. The maximum absolute atomic E-state index is 11.2. The lowest BCUT2D eigenvalue weighted by molar-refractivity contribution is -0.143. The van der Waals surface area contributed by atoms with Gasteiger partial charge in [-0.15, -0.1) is 0 Å². The summed E-state index contributed by atoms with van der Waals surface area (Å²) in [4.78, 5) is 13.3. The monoisotopic (exact) mass is 389 g/mol. The van der Waals surface area contributed by atoms with Crippen LogP contribution in [0.3, 0.4) is 0 Å². The van der Waals surface area contributed by atoms with Gasteiger partial charge in [0.25, 0.3) is 0 Å². The van der Waals surface area contributed by atoms with E-state index in [4.69, 9.17) is 9.47 Å². The highest BCUT2D eigenvalue weighted by atomic mass is 16.5. The van der Waals surface area contributed by atoms with Gasteiger partial charge in [0, 0.05) is 17.0 Å². The summed E-state index contributed by atoms with van der Waals surface area (Å²) in [6, 6.07) is 5.85. The number of carboxylic acids is 1. The smallest absolute Gasteiger partial charge is 0.320 e. The second kappa shape index (κ2) is 9.64. The first-order valence-corrected chi connectivity index (χ1v) is 10.9. The van der Waals surface area contributed by atoms with Crippen molar-refractivity contribution >= 4 is 5.97 Å². The van der Waals surface area contributed by atoms with Crippen molar-refractivity contribution in [1.82, 2.24) is 4.90 Å². The highest BCUT2D eigenvalue weighted by molar-refractivity contribution is 5.72. The molecule has 1 N–H and O–H groups in total. The summed E-state index contributed by atoms with van der Waals surface area (Å²) in [5, 5.41) is 9.24. The lowest BCUT2D eigenvalue weighted by Crippen LogP contribution is -2.49. The number of aliphatic carboxylic acids is 1. The second-order valence-electron chi connectivity index (χ2n) is 8.39. The van der Waals surface area contributed by atoms with Crippen LogP contribution in [0.1, 0.15) is 70.8 Å². The Morgan fingerprint density at radius 3 is 2.64 bits per heavy atom. The molecule has 1 spiro atoms. The molecule has 28 heavy (non-hydrogen) atoms. The van der Waals surface area contributed by atoms with Gasteiger partial charge in [-0.1, -0.05) is 45.1 Å². The zero-order valence-corrected chi connectivity index (χ0v) is 17.4. The van der Waals surface area contributed by atoms with E-state index >= 15 is 0 Å². The van der Waals surface area contributed by atoms with Crippen LogP contribution < -0.4 is 9.47 Å². The van der Waals surface area contributed by atoms with E-state index in [1.165, 1.54) is 37.7 Å². The molecule has 1 unspecified atom stereocenters. The Morgan fingerprint density at radius 1 is 1.21 bits per heavy atom. The van der Waals surface area contributed by atoms with Crippen molar-refractivity contribution in [2.75, 3.05) is 26.3 Å². The molecular formula is C23H35NO4. The maximum Gasteiger partial charge on any atom is 0.320 e. The Kier molecular flexibility index (Phi) is 7.22. The minimum Gasteiger partial charge on any atom is -0.493 e. The van der Waals surface area contributed by atoms with E-state index in [1.54, 1.807) is 6.92 Å². The molecule has 0 aromatic heterocycles. The molecule has 2 aliphatic heterocycles. The predicted octanol–water partition coefficient (Wildman–Crippen LogP) is 4.63. The van der Waals surface area contributed by atoms with Crippen LogP contribution in [0.5, 0.6) is 11.5 Å². The quantitative estimate of drug-likeness (QED) is 0.592. The first-order chi connectivity index (χ1) is 13.6. The van der Waals surface area contributed by atoms with E-state index in [0.717, 1.165) is 50.5 Å². The third kappa shape index (κ3) is 4.80. The van der Waals surface area contributed by atoms with Crippen molar-refractivity contribution in [3.05, 3.63) is 23.8 Å². The topological polar surface area (TPSA) is 59.0 Å². The number of rotatable bonds is 10. The molecule has 156 valence electrons. The normalized spacial score (nSPS) is 19.2. The van der Waals surface area contributed by atoms with Gasteiger partial charge in [-0.2, -0.15) is 0 Å². The minimum absolute atomic E-state index is 0.0296. The van der Waals surface area contributed by atoms with Crippen molar-refractivity contribution in [2.45, 2.75) is 76.7 Å². The summed E-state index contributed by atoms with van der Waals surface area (Å²) in [7, 11) is 0. The molecule has 0 bridgehead atoms. The zero-order valence-electron chi connectivity index (χ0n) is 17.4. The van der Waals surface area contributed by atoms with E-state index in [-0.39, 0.29) is 5.41 Å². The number of hydrogen-bond donors (Lipinski definition) is 1. The molecule has 0 radical (unpaired) electrons. The van der Waals surface area contributed by atoms with Gasteiger partial charge >= 0.3 is 5.97 Å². The fourth-order valence-corrected chi connectivity index (χ4v) is 4.43. The van der Waals surface area contributed by atoms with Crippen LogP contribution in [0.2, 0.25) is 0 Å². The molecule has 3 rings (SSSR count). The number of likely N-dealkylation sites (tertiary alicyclic amines) is 1. The van der Waals surface area contributed by atoms with Crippen LogP contribution in [-0.4, -0.2) is 48.3 Å². The van der Waals surface area contributed by atoms with Gasteiger partial charge in [-0.05, 0) is 45.3 Å². The molecule has 2 heterocycles. The largest absolute Gasteiger partial charge is 0.493 e. The van der Waals surface area contributed by atoms with Gasteiger partial charge in [0.2, 0.25) is 0 Å². The molecule has 5 heteroatoms. The van der Waals surface area contributed by atoms with Crippen molar-refractivity contribution < 1.29 is 19.4 Å². The average Bonchev–Trinajstić information content (AvgIpc) is 3.05. The SMILES string of the molecule is CCCCCCCCOc1ccc2c(c1)OCC21CCN(C(C)C(=O)O)CC1. The molecule has 2 aliphatic rings. The van der Waals surface area contributed by atoms with Crippen molar-refractivity contribution in [1.29, 1.82) is 0 Å². The standard InChI is InChI=1S/C23H35NO4/c1-3-4-5-6-7-8-15-27-19-9-10-20-21(16-19)28-17-23(20)11-13-24(14-12-23)18(2)22(25)26/h9-10,16,18H,3-8,11-15,17H2,1-2H3,(H,25,26). The summed E-state index contributed by atoms with van der Waals surface area (Å²) in [5.74, 6) is 1.09. The molecule has 1 atom stereocenters. The lowest BCUT2D eigenvalue weighted by atomic mass is 9.74. The number of carbonyl (C=O) groups is 1. The fraction of sp³-hybridized carbons (Fsp3) is 0.696. The molecule has 0 aliphatic carbocycles. The highest BCUT2D eigenvalue weighted by Gasteiger charge is 2.44. The molecule has 5 nitrogen and oxygen atoms in total. The molecule has 0 amide bonds. The fourth-order valence-electron chi connectivity index (χ4n) is 4.43. The van der Waals surface area contributed by atoms with Crippen LogP contribution in [0.15, 0.2) is 18.2 Å². The third-order valence-corrected chi connectivity index (χ3v) is 6.46. The minimum atomic E-state index is -0.744. The molecule has 1 saturated heterocycles. The molecular weight excluding hydrogens is 354 g/mol. The highest BCUT2D eigenvalue weighted by Crippen LogP contribution is 2.46.